The van der Waals surface area contributed by atoms with E-state index in [1.807, 2.05) is 5.38 Å². The first-order valence-corrected chi connectivity index (χ1v) is 5.80. The highest BCUT2D eigenvalue weighted by Crippen LogP contribution is 2.23. The second-order valence-electron chi connectivity index (χ2n) is 2.52. The van der Waals surface area contributed by atoms with E-state index in [0.29, 0.717) is 5.82 Å². The van der Waals surface area contributed by atoms with Crippen molar-refractivity contribution in [2.75, 3.05) is 5.73 Å². The van der Waals surface area contributed by atoms with Gasteiger partial charge in [-0.25, -0.2) is 9.97 Å². The summed E-state index contributed by atoms with van der Waals surface area (Å²) in [6, 6.07) is 0. The zero-order chi connectivity index (χ0) is 9.80. The molecule has 0 radical (unpaired) electrons. The van der Waals surface area contributed by atoms with Crippen LogP contribution in [0.15, 0.2) is 28.3 Å². The van der Waals surface area contributed by atoms with Gasteiger partial charge in [0, 0.05) is 17.3 Å². The largest absolute Gasteiger partial charge is 0.382 e. The minimum Gasteiger partial charge on any atom is -0.382 e. The maximum Gasteiger partial charge on any atom is 0.150 e. The van der Waals surface area contributed by atoms with Crippen LogP contribution in [0.3, 0.4) is 0 Å². The van der Waals surface area contributed by atoms with E-state index in [9.17, 15) is 0 Å². The molecule has 72 valence electrons. The van der Waals surface area contributed by atoms with Crippen molar-refractivity contribution in [3.8, 4) is 0 Å². The quantitative estimate of drug-likeness (QED) is 0.805. The maximum atomic E-state index is 5.43. The predicted octanol–water partition coefficient (Wildman–Crippen LogP) is 1.81. The van der Waals surface area contributed by atoms with Crippen LogP contribution < -0.4 is 5.73 Å². The van der Waals surface area contributed by atoms with Crippen LogP contribution in [0.4, 0.5) is 5.82 Å². The Morgan fingerprint density at radius 1 is 1.29 bits per heavy atom. The summed E-state index contributed by atoms with van der Waals surface area (Å²) >= 11 is 3.27. The first-order valence-electron chi connectivity index (χ1n) is 3.93. The fraction of sp³-hybridized carbons (Fsp3) is 0.125. The average Bonchev–Trinajstić information content (AvgIpc) is 2.70. The van der Waals surface area contributed by atoms with Crippen LogP contribution in [0.2, 0.25) is 0 Å². The van der Waals surface area contributed by atoms with Crippen LogP contribution >= 0.6 is 23.1 Å². The van der Waals surface area contributed by atoms with Crippen molar-refractivity contribution in [2.45, 2.75) is 10.1 Å². The second kappa shape index (κ2) is 4.39. The smallest absolute Gasteiger partial charge is 0.150 e. The second-order valence-corrected chi connectivity index (χ2v) is 4.64. The van der Waals surface area contributed by atoms with Crippen molar-refractivity contribution >= 4 is 28.9 Å². The number of thioether (sulfide) groups is 1. The predicted molar refractivity (Wildman–Crippen MR) is 58.1 cm³/mol. The summed E-state index contributed by atoms with van der Waals surface area (Å²) in [6.07, 6.45) is 5.05. The fourth-order valence-corrected chi connectivity index (χ4v) is 2.39. The lowest BCUT2D eigenvalue weighted by Crippen LogP contribution is -1.94. The summed E-state index contributed by atoms with van der Waals surface area (Å²) in [5.74, 6) is 1.23. The van der Waals surface area contributed by atoms with Crippen molar-refractivity contribution in [2.24, 2.45) is 0 Å². The number of hydrogen-bond acceptors (Lipinski definition) is 6. The Bertz CT molecular complexity index is 384. The SMILES string of the molecule is Nc1cnc(CSc2nccs2)cn1. The van der Waals surface area contributed by atoms with Crippen LogP contribution in [-0.4, -0.2) is 15.0 Å². The van der Waals surface area contributed by atoms with Gasteiger partial charge in [0.2, 0.25) is 0 Å². The van der Waals surface area contributed by atoms with Crippen LogP contribution in [-0.2, 0) is 5.75 Å². The van der Waals surface area contributed by atoms with E-state index >= 15 is 0 Å². The molecule has 0 saturated heterocycles. The minimum atomic E-state index is 0.452. The van der Waals surface area contributed by atoms with Crippen molar-refractivity contribution in [3.63, 3.8) is 0 Å². The molecular weight excluding hydrogens is 216 g/mol. The van der Waals surface area contributed by atoms with E-state index in [1.54, 1.807) is 41.7 Å². The number of aromatic nitrogens is 3. The Kier molecular flexibility index (Phi) is 2.95. The summed E-state index contributed by atoms with van der Waals surface area (Å²) in [5, 5.41) is 1.96. The number of rotatable bonds is 3. The summed E-state index contributed by atoms with van der Waals surface area (Å²) in [7, 11) is 0. The van der Waals surface area contributed by atoms with Gasteiger partial charge < -0.3 is 5.73 Å². The molecule has 2 aromatic heterocycles. The molecule has 0 spiro atoms. The van der Waals surface area contributed by atoms with E-state index in [1.165, 1.54) is 0 Å². The van der Waals surface area contributed by atoms with Gasteiger partial charge in [0.05, 0.1) is 18.1 Å². The van der Waals surface area contributed by atoms with E-state index in [-0.39, 0.29) is 0 Å². The molecule has 2 heterocycles. The maximum absolute atomic E-state index is 5.43. The molecule has 0 aliphatic carbocycles. The number of nitrogens with zero attached hydrogens (tertiary/aromatic N) is 3. The molecule has 14 heavy (non-hydrogen) atoms. The van der Waals surface area contributed by atoms with Crippen LogP contribution in [0.25, 0.3) is 0 Å². The number of nitrogens with two attached hydrogens (primary N) is 1. The lowest BCUT2D eigenvalue weighted by atomic mass is 10.5. The number of nitrogen functional groups attached to an aromatic ring is 1. The fourth-order valence-electron chi connectivity index (χ4n) is 0.857. The molecular formula is C8H8N4S2. The normalized spacial score (nSPS) is 10.3. The Morgan fingerprint density at radius 2 is 2.21 bits per heavy atom. The molecule has 0 atom stereocenters. The van der Waals surface area contributed by atoms with Gasteiger partial charge in [-0.3, -0.25) is 4.98 Å². The third-order valence-corrected chi connectivity index (χ3v) is 3.48. The highest BCUT2D eigenvalue weighted by atomic mass is 32.2. The summed E-state index contributed by atoms with van der Waals surface area (Å²) < 4.78 is 1.05. The standard InChI is InChI=1S/C8H8N4S2/c9-7-4-11-6(3-12-7)5-14-8-10-1-2-13-8/h1-4H,5H2,(H2,9,12). The highest BCUT2D eigenvalue weighted by Gasteiger charge is 1.99. The third-order valence-electron chi connectivity index (χ3n) is 1.48. The van der Waals surface area contributed by atoms with Crippen LogP contribution in [0.5, 0.6) is 0 Å². The van der Waals surface area contributed by atoms with Gasteiger partial charge in [0.15, 0.2) is 0 Å². The van der Waals surface area contributed by atoms with Gasteiger partial charge in [0.25, 0.3) is 0 Å². The molecule has 0 aliphatic heterocycles. The van der Waals surface area contributed by atoms with E-state index in [2.05, 4.69) is 15.0 Å². The van der Waals surface area contributed by atoms with Crippen LogP contribution in [0.1, 0.15) is 5.69 Å². The molecule has 4 nitrogen and oxygen atoms in total. The molecule has 6 heteroatoms. The van der Waals surface area contributed by atoms with Gasteiger partial charge in [0.1, 0.15) is 10.2 Å². The molecule has 0 fully saturated rings. The van der Waals surface area contributed by atoms with Gasteiger partial charge in [-0.2, -0.15) is 0 Å². The average molecular weight is 224 g/mol. The third kappa shape index (κ3) is 2.43. The molecule has 2 N–H and O–H groups in total. The highest BCUT2D eigenvalue weighted by molar-refractivity contribution is 8.00. The molecule has 0 aliphatic rings. The van der Waals surface area contributed by atoms with E-state index < -0.39 is 0 Å². The summed E-state index contributed by atoms with van der Waals surface area (Å²) in [5.41, 5.74) is 6.34. The molecule has 0 aromatic carbocycles. The number of hydrogen-bond donors (Lipinski definition) is 1. The molecule has 2 aromatic rings. The van der Waals surface area contributed by atoms with Crippen molar-refractivity contribution in [1.29, 1.82) is 0 Å². The van der Waals surface area contributed by atoms with Gasteiger partial charge in [-0.05, 0) is 0 Å². The topological polar surface area (TPSA) is 64.7 Å². The van der Waals surface area contributed by atoms with Crippen molar-refractivity contribution in [1.82, 2.24) is 15.0 Å². The Balaban J connectivity index is 1.95. The Morgan fingerprint density at radius 3 is 2.86 bits per heavy atom. The zero-order valence-corrected chi connectivity index (χ0v) is 8.88. The molecule has 0 bridgehead atoms. The minimum absolute atomic E-state index is 0.452. The van der Waals surface area contributed by atoms with Crippen LogP contribution in [0, 0.1) is 0 Å². The van der Waals surface area contributed by atoms with Gasteiger partial charge >= 0.3 is 0 Å². The van der Waals surface area contributed by atoms with E-state index in [0.717, 1.165) is 15.8 Å². The monoisotopic (exact) mass is 224 g/mol. The summed E-state index contributed by atoms with van der Waals surface area (Å²) in [4.78, 5) is 12.3. The lowest BCUT2D eigenvalue weighted by molar-refractivity contribution is 1.10. The zero-order valence-electron chi connectivity index (χ0n) is 7.25. The number of anilines is 1. The Labute approximate surface area is 89.6 Å². The summed E-state index contributed by atoms with van der Waals surface area (Å²) in [6.45, 7) is 0. The Hall–Kier alpha value is -1.14. The molecule has 0 unspecified atom stereocenters. The van der Waals surface area contributed by atoms with Crippen molar-refractivity contribution < 1.29 is 0 Å². The first kappa shape index (κ1) is 9.42. The van der Waals surface area contributed by atoms with Crippen molar-refractivity contribution in [3.05, 3.63) is 29.7 Å². The lowest BCUT2D eigenvalue weighted by Gasteiger charge is -1.97. The van der Waals surface area contributed by atoms with E-state index in [4.69, 9.17) is 5.73 Å². The molecule has 0 amide bonds. The van der Waals surface area contributed by atoms with Gasteiger partial charge in [-0.1, -0.05) is 11.8 Å². The molecule has 0 saturated carbocycles. The first-order chi connectivity index (χ1) is 6.84. The number of thiazole rings is 1. The van der Waals surface area contributed by atoms with Gasteiger partial charge in [-0.15, -0.1) is 11.3 Å². The molecule has 2 rings (SSSR count).